The van der Waals surface area contributed by atoms with E-state index in [1.165, 1.54) is 0 Å². The second-order valence-corrected chi connectivity index (χ2v) is 10.2. The summed E-state index contributed by atoms with van der Waals surface area (Å²) in [5.41, 5.74) is -0.906. The van der Waals surface area contributed by atoms with Gasteiger partial charge < -0.3 is 9.47 Å². The number of carbonyl (C=O) groups excluding carboxylic acids is 4. The molecule has 0 saturated carbocycles. The van der Waals surface area contributed by atoms with E-state index >= 15 is 0 Å². The molecule has 0 heterocycles. The fourth-order valence-electron chi connectivity index (χ4n) is 1.41. The number of carbonyl (C=O) groups is 4. The Hall–Kier alpha value is -1.09. The molecule has 9 heteroatoms. The average molecular weight is 482 g/mol. The molecule has 0 saturated heterocycles. The van der Waals surface area contributed by atoms with Crippen LogP contribution in [0.25, 0.3) is 0 Å². The minimum absolute atomic E-state index is 0.0754. The van der Waals surface area contributed by atoms with Crippen LogP contribution < -0.4 is 0 Å². The monoisotopic (exact) mass is 482 g/mol. The van der Waals surface area contributed by atoms with E-state index in [2.05, 4.69) is 6.64 Å². The molecule has 0 bridgehead atoms. The maximum atomic E-state index is 11.3. The topological polar surface area (TPSA) is 105 Å². The van der Waals surface area contributed by atoms with Crippen molar-refractivity contribution in [3.05, 3.63) is 0 Å². The number of Topliss-reactive ketones (excluding diaryl/α,β-unsaturated/α-hetero) is 2. The first-order valence-corrected chi connectivity index (χ1v) is 11.6. The van der Waals surface area contributed by atoms with Crippen LogP contribution in [0.3, 0.4) is 0 Å². The van der Waals surface area contributed by atoms with Crippen LogP contribution in [0.4, 0.5) is 0 Å². The number of hydrogen-bond donors (Lipinski definition) is 0. The molecule has 0 aromatic rings. The summed E-state index contributed by atoms with van der Waals surface area (Å²) in [6.07, 6.45) is 1.36. The van der Waals surface area contributed by atoms with Crippen LogP contribution in [-0.4, -0.2) is 50.9 Å². The van der Waals surface area contributed by atoms with Crippen molar-refractivity contribution in [1.82, 2.24) is 0 Å². The molecule has 182 valence electrons. The Morgan fingerprint density at radius 1 is 0.645 bits per heavy atom. The van der Waals surface area contributed by atoms with Gasteiger partial charge in [0.05, 0.1) is 13.2 Å². The van der Waals surface area contributed by atoms with Gasteiger partial charge in [0.2, 0.25) is 0 Å². The number of hydrogen-bond acceptors (Lipinski definition) is 8. The molecule has 0 aliphatic carbocycles. The first kappa shape index (κ1) is 34.5. The number of rotatable bonds is 10. The summed E-state index contributed by atoms with van der Waals surface area (Å²) in [6.45, 7) is 15.4. The number of ether oxygens (including phenoxy) is 2. The second-order valence-electron chi connectivity index (χ2n) is 8.63. The predicted octanol–water partition coefficient (Wildman–Crippen LogP) is 4.08. The van der Waals surface area contributed by atoms with Crippen molar-refractivity contribution in [2.75, 3.05) is 27.4 Å². The number of esters is 2. The predicted molar refractivity (Wildman–Crippen MR) is 115 cm³/mol. The molecule has 0 aromatic carbocycles. The van der Waals surface area contributed by atoms with Crippen molar-refractivity contribution in [3.63, 3.8) is 0 Å². The summed E-state index contributed by atoms with van der Waals surface area (Å²) < 4.78 is 18.8. The van der Waals surface area contributed by atoms with Gasteiger partial charge in [-0.2, -0.15) is 0 Å². The van der Waals surface area contributed by atoms with E-state index in [1.807, 2.05) is 13.8 Å². The van der Waals surface area contributed by atoms with Gasteiger partial charge in [-0.1, -0.05) is 55.4 Å². The van der Waals surface area contributed by atoms with Crippen LogP contribution >= 0.6 is 0 Å². The molecule has 0 N–H and O–H groups in total. The third-order valence-corrected chi connectivity index (χ3v) is 3.90. The van der Waals surface area contributed by atoms with E-state index < -0.39 is 42.7 Å². The Bertz CT molecular complexity index is 473. The molecule has 8 nitrogen and oxygen atoms in total. The zero-order valence-electron chi connectivity index (χ0n) is 21.0. The van der Waals surface area contributed by atoms with Gasteiger partial charge in [-0.25, -0.2) is 0 Å². The van der Waals surface area contributed by atoms with Crippen LogP contribution in [-0.2, 0) is 55.2 Å². The molecule has 0 atom stereocenters. The standard InChI is InChI=1S/2C10H18O3.2CH3O.Ti/c2*1-5-6-13-9(12)7-8(11)10(2,3)4;2*1-2;/h2*5-7H2,1-4H3;2*1H3;/q;;2*-1;+2. The molecule has 0 spiro atoms. The Morgan fingerprint density at radius 2 is 0.935 bits per heavy atom. The number of ketones is 2. The van der Waals surface area contributed by atoms with E-state index in [-0.39, 0.29) is 24.4 Å². The molecule has 0 aromatic heterocycles. The molecule has 0 aliphatic rings. The zero-order chi connectivity index (χ0) is 25.1. The van der Waals surface area contributed by atoms with Crippen LogP contribution in [0, 0.1) is 10.8 Å². The van der Waals surface area contributed by atoms with Crippen molar-refractivity contribution >= 4 is 23.5 Å². The minimum atomic E-state index is -0.472. The van der Waals surface area contributed by atoms with Gasteiger partial charge in [-0.3, -0.25) is 19.2 Å². The Kier molecular flexibility index (Phi) is 21.8. The summed E-state index contributed by atoms with van der Waals surface area (Å²) in [4.78, 5) is 44.7. The van der Waals surface area contributed by atoms with Crippen molar-refractivity contribution in [1.29, 1.82) is 0 Å². The van der Waals surface area contributed by atoms with Crippen LogP contribution in [0.1, 0.15) is 81.1 Å². The van der Waals surface area contributed by atoms with Gasteiger partial charge >= 0.3 is 52.7 Å². The molecule has 31 heavy (non-hydrogen) atoms. The van der Waals surface area contributed by atoms with E-state index in [0.29, 0.717) is 13.2 Å². The summed E-state index contributed by atoms with van der Waals surface area (Å²) >= 11 is -0.472. The van der Waals surface area contributed by atoms with Gasteiger partial charge in [0, 0.05) is 10.8 Å². The summed E-state index contributed by atoms with van der Waals surface area (Å²) in [6, 6.07) is 0. The Labute approximate surface area is 198 Å². The fraction of sp³-hybridized carbons (Fsp3) is 0.818. The van der Waals surface area contributed by atoms with Crippen molar-refractivity contribution < 1.29 is 55.2 Å². The molecule has 0 amide bonds. The van der Waals surface area contributed by atoms with Crippen LogP contribution in [0.15, 0.2) is 0 Å². The zero-order valence-corrected chi connectivity index (χ0v) is 22.6. The average Bonchev–Trinajstić information content (AvgIpc) is 2.64. The Morgan fingerprint density at radius 3 is 1.10 bits per heavy atom. The van der Waals surface area contributed by atoms with Crippen molar-refractivity contribution in [2.24, 2.45) is 10.8 Å². The molecule has 0 rings (SSSR count). The second kappa shape index (κ2) is 19.6. The molecule has 0 aliphatic heterocycles. The first-order valence-electron chi connectivity index (χ1n) is 10.4. The van der Waals surface area contributed by atoms with Crippen LogP contribution in [0.2, 0.25) is 0 Å². The SMILES string of the molecule is CCCOC(=O)CC(=O)C(C)(C)C.CCCOC(=O)CC(=O)C(C)(C)C.C[O][Ti][O]C. The molecular formula is C22H42O8Ti. The maximum absolute atomic E-state index is 11.3. The summed E-state index contributed by atoms with van der Waals surface area (Å²) in [5.74, 6) is -0.981. The van der Waals surface area contributed by atoms with Gasteiger partial charge in [0.15, 0.2) is 0 Å². The summed E-state index contributed by atoms with van der Waals surface area (Å²) in [7, 11) is 3.28. The quantitative estimate of drug-likeness (QED) is 0.261. The molecule has 0 fully saturated rings. The molecule has 0 radical (unpaired) electrons. The Balaban J connectivity index is -0.000000416. The van der Waals surface area contributed by atoms with Gasteiger partial charge in [-0.15, -0.1) is 0 Å². The van der Waals surface area contributed by atoms with Crippen LogP contribution in [0.5, 0.6) is 0 Å². The van der Waals surface area contributed by atoms with E-state index in [1.54, 1.807) is 55.8 Å². The van der Waals surface area contributed by atoms with Gasteiger partial charge in [0.25, 0.3) is 0 Å². The molecule has 0 unspecified atom stereocenters. The van der Waals surface area contributed by atoms with E-state index in [0.717, 1.165) is 12.8 Å². The summed E-state index contributed by atoms with van der Waals surface area (Å²) in [5, 5.41) is 0. The fourth-order valence-corrected chi connectivity index (χ4v) is 1.67. The first-order chi connectivity index (χ1) is 14.2. The van der Waals surface area contributed by atoms with E-state index in [4.69, 9.17) is 9.47 Å². The molecular weight excluding hydrogens is 440 g/mol. The van der Waals surface area contributed by atoms with Gasteiger partial charge in [-0.05, 0) is 12.8 Å². The van der Waals surface area contributed by atoms with Crippen molar-refractivity contribution in [3.8, 4) is 0 Å². The normalized spacial score (nSPS) is 10.5. The van der Waals surface area contributed by atoms with Crippen molar-refractivity contribution in [2.45, 2.75) is 81.1 Å². The third-order valence-electron chi connectivity index (χ3n) is 3.38. The van der Waals surface area contributed by atoms with E-state index in [9.17, 15) is 19.2 Å². The third kappa shape index (κ3) is 25.1. The van der Waals surface area contributed by atoms with Gasteiger partial charge in [0.1, 0.15) is 24.4 Å².